The van der Waals surface area contributed by atoms with Crippen molar-refractivity contribution >= 4 is 14.5 Å². The van der Waals surface area contributed by atoms with Crippen LogP contribution in [0.5, 0.6) is 5.75 Å². The molecule has 0 amide bonds. The summed E-state index contributed by atoms with van der Waals surface area (Å²) in [5, 5.41) is 1.12. The van der Waals surface area contributed by atoms with Crippen LogP contribution in [0.1, 0.15) is 31.2 Å². The van der Waals surface area contributed by atoms with E-state index in [0.717, 1.165) is 29.3 Å². The summed E-state index contributed by atoms with van der Waals surface area (Å²) in [6.45, 7) is 0.623. The molecule has 104 valence electrons. The van der Waals surface area contributed by atoms with Gasteiger partial charge in [-0.15, -0.1) is 0 Å². The minimum atomic E-state index is -1.75. The van der Waals surface area contributed by atoms with Crippen molar-refractivity contribution in [1.82, 2.24) is 0 Å². The molecule has 1 aliphatic heterocycles. The van der Waals surface area contributed by atoms with Crippen LogP contribution in [-0.4, -0.2) is 29.3 Å². The van der Waals surface area contributed by atoms with Gasteiger partial charge in [-0.05, 0) is 30.2 Å². The van der Waals surface area contributed by atoms with E-state index < -0.39 is 9.28 Å². The average molecular weight is 280 g/mol. The first-order valence-electron chi connectivity index (χ1n) is 6.78. The standard InChI is InChI=1S/C14H20O4Si/c1-15-19(16-2)12-5-6-13-11(9-12)10-17-14(18-13)7-3-4-8-14/h5-6,9,19H,3-4,7-8,10H2,1-2H3. The smallest absolute Gasteiger partial charge is 0.355 e. The zero-order valence-electron chi connectivity index (χ0n) is 11.5. The van der Waals surface area contributed by atoms with Crippen LogP contribution in [0.3, 0.4) is 0 Å². The quantitative estimate of drug-likeness (QED) is 0.788. The molecule has 0 aromatic heterocycles. The molecule has 0 bridgehead atoms. The van der Waals surface area contributed by atoms with Crippen molar-refractivity contribution in [3.8, 4) is 5.75 Å². The van der Waals surface area contributed by atoms with Crippen molar-refractivity contribution in [3.63, 3.8) is 0 Å². The van der Waals surface area contributed by atoms with Gasteiger partial charge >= 0.3 is 9.28 Å². The highest BCUT2D eigenvalue weighted by Crippen LogP contribution is 2.40. The number of rotatable bonds is 3. The van der Waals surface area contributed by atoms with Crippen molar-refractivity contribution in [1.29, 1.82) is 0 Å². The maximum atomic E-state index is 6.09. The molecule has 1 aliphatic carbocycles. The van der Waals surface area contributed by atoms with Crippen LogP contribution in [0.4, 0.5) is 0 Å². The Labute approximate surface area is 115 Å². The summed E-state index contributed by atoms with van der Waals surface area (Å²) < 4.78 is 22.9. The third-order valence-electron chi connectivity index (χ3n) is 3.94. The molecule has 1 spiro atoms. The van der Waals surface area contributed by atoms with Crippen LogP contribution in [-0.2, 0) is 20.2 Å². The van der Waals surface area contributed by atoms with Crippen molar-refractivity contribution in [2.45, 2.75) is 38.1 Å². The van der Waals surface area contributed by atoms with Crippen LogP contribution in [0.25, 0.3) is 0 Å². The molecule has 19 heavy (non-hydrogen) atoms. The van der Waals surface area contributed by atoms with Gasteiger partial charge < -0.3 is 18.3 Å². The van der Waals surface area contributed by atoms with Gasteiger partial charge in [0.1, 0.15) is 5.75 Å². The first-order chi connectivity index (χ1) is 9.26. The predicted molar refractivity (Wildman–Crippen MR) is 73.9 cm³/mol. The summed E-state index contributed by atoms with van der Waals surface area (Å²) >= 11 is 0. The molecular weight excluding hydrogens is 260 g/mol. The lowest BCUT2D eigenvalue weighted by Crippen LogP contribution is -2.40. The highest BCUT2D eigenvalue weighted by Gasteiger charge is 2.40. The van der Waals surface area contributed by atoms with E-state index in [9.17, 15) is 0 Å². The second-order valence-electron chi connectivity index (χ2n) is 5.18. The molecule has 1 heterocycles. The third kappa shape index (κ3) is 2.43. The summed E-state index contributed by atoms with van der Waals surface area (Å²) in [4.78, 5) is 0. The topological polar surface area (TPSA) is 36.9 Å². The van der Waals surface area contributed by atoms with Gasteiger partial charge in [0, 0.05) is 32.6 Å². The van der Waals surface area contributed by atoms with Crippen LogP contribution in [0.2, 0.25) is 0 Å². The predicted octanol–water partition coefficient (Wildman–Crippen LogP) is 1.59. The van der Waals surface area contributed by atoms with Gasteiger partial charge in [-0.3, -0.25) is 0 Å². The fourth-order valence-corrected chi connectivity index (χ4v) is 4.25. The van der Waals surface area contributed by atoms with Crippen LogP contribution in [0, 0.1) is 0 Å². The normalized spacial score (nSPS) is 20.6. The minimum absolute atomic E-state index is 0.353. The Kier molecular flexibility index (Phi) is 3.62. The molecule has 5 heteroatoms. The van der Waals surface area contributed by atoms with Crippen LogP contribution < -0.4 is 9.92 Å². The summed E-state index contributed by atoms with van der Waals surface area (Å²) in [6, 6.07) is 6.18. The van der Waals surface area contributed by atoms with E-state index in [-0.39, 0.29) is 5.79 Å². The van der Waals surface area contributed by atoms with E-state index in [4.69, 9.17) is 18.3 Å². The molecule has 3 rings (SSSR count). The molecule has 0 unspecified atom stereocenters. The van der Waals surface area contributed by atoms with E-state index in [1.54, 1.807) is 14.2 Å². The van der Waals surface area contributed by atoms with Crippen molar-refractivity contribution < 1.29 is 18.3 Å². The molecule has 1 aromatic rings. The minimum Gasteiger partial charge on any atom is -0.462 e. The molecule has 2 aliphatic rings. The first-order valence-corrected chi connectivity index (χ1v) is 8.30. The number of hydrogen-bond donors (Lipinski definition) is 0. The van der Waals surface area contributed by atoms with Crippen LogP contribution in [0.15, 0.2) is 18.2 Å². The Hall–Kier alpha value is -0.883. The van der Waals surface area contributed by atoms with Gasteiger partial charge in [-0.1, -0.05) is 6.07 Å². The van der Waals surface area contributed by atoms with Gasteiger partial charge in [0.25, 0.3) is 0 Å². The lowest BCUT2D eigenvalue weighted by Gasteiger charge is -2.35. The van der Waals surface area contributed by atoms with Crippen LogP contribution >= 0.6 is 0 Å². The lowest BCUT2D eigenvalue weighted by molar-refractivity contribution is -0.200. The molecular formula is C14H20O4Si. The molecule has 1 aromatic carbocycles. The molecule has 4 nitrogen and oxygen atoms in total. The Morgan fingerprint density at radius 1 is 1.16 bits per heavy atom. The Bertz CT molecular complexity index is 453. The largest absolute Gasteiger partial charge is 0.462 e. The van der Waals surface area contributed by atoms with E-state index in [2.05, 4.69) is 12.1 Å². The fourth-order valence-electron chi connectivity index (χ4n) is 2.93. The van der Waals surface area contributed by atoms with Gasteiger partial charge in [0.05, 0.1) is 6.61 Å². The van der Waals surface area contributed by atoms with Crippen molar-refractivity contribution in [2.75, 3.05) is 14.2 Å². The summed E-state index contributed by atoms with van der Waals surface area (Å²) in [5.74, 6) is 0.602. The van der Waals surface area contributed by atoms with Gasteiger partial charge in [0.15, 0.2) is 0 Å². The lowest BCUT2D eigenvalue weighted by atomic mass is 10.1. The molecule has 0 N–H and O–H groups in total. The highest BCUT2D eigenvalue weighted by atomic mass is 28.3. The number of fused-ring (bicyclic) bond motifs is 1. The van der Waals surface area contributed by atoms with E-state index in [1.807, 2.05) is 6.07 Å². The van der Waals surface area contributed by atoms with Gasteiger partial charge in [-0.2, -0.15) is 0 Å². The molecule has 0 radical (unpaired) electrons. The first kappa shape index (κ1) is 13.1. The second kappa shape index (κ2) is 5.24. The maximum Gasteiger partial charge on any atom is 0.355 e. The number of ether oxygens (including phenoxy) is 2. The van der Waals surface area contributed by atoms with Crippen molar-refractivity contribution in [3.05, 3.63) is 23.8 Å². The summed E-state index contributed by atoms with van der Waals surface area (Å²) in [5.41, 5.74) is 1.10. The molecule has 0 saturated heterocycles. The van der Waals surface area contributed by atoms with E-state index in [0.29, 0.717) is 6.61 Å². The second-order valence-corrected chi connectivity index (χ2v) is 7.45. The zero-order chi connectivity index (χ0) is 13.3. The van der Waals surface area contributed by atoms with E-state index in [1.165, 1.54) is 12.8 Å². The highest BCUT2D eigenvalue weighted by molar-refractivity contribution is 6.61. The van der Waals surface area contributed by atoms with Crippen molar-refractivity contribution in [2.24, 2.45) is 0 Å². The van der Waals surface area contributed by atoms with Gasteiger partial charge in [0.2, 0.25) is 5.79 Å². The average Bonchev–Trinajstić information content (AvgIpc) is 2.88. The molecule has 1 fully saturated rings. The summed E-state index contributed by atoms with van der Waals surface area (Å²) in [6.07, 6.45) is 4.38. The Morgan fingerprint density at radius 2 is 1.89 bits per heavy atom. The Balaban J connectivity index is 1.84. The van der Waals surface area contributed by atoms with E-state index >= 15 is 0 Å². The number of benzene rings is 1. The monoisotopic (exact) mass is 280 g/mol. The molecule has 0 atom stereocenters. The number of hydrogen-bond acceptors (Lipinski definition) is 4. The molecule has 1 saturated carbocycles. The third-order valence-corrected chi connectivity index (χ3v) is 5.70. The maximum absolute atomic E-state index is 6.09. The summed E-state index contributed by atoms with van der Waals surface area (Å²) in [7, 11) is 1.64. The Morgan fingerprint density at radius 3 is 2.58 bits per heavy atom. The SMILES string of the molecule is CO[SiH](OC)c1ccc2c(c1)COC1(CCCC1)O2. The van der Waals surface area contributed by atoms with Gasteiger partial charge in [-0.25, -0.2) is 0 Å². The zero-order valence-corrected chi connectivity index (χ0v) is 12.6. The fraction of sp³-hybridized carbons (Fsp3) is 0.571.